The van der Waals surface area contributed by atoms with Crippen molar-refractivity contribution in [1.29, 1.82) is 0 Å². The molecule has 1 aromatic heterocycles. The zero-order valence-corrected chi connectivity index (χ0v) is 15.3. The van der Waals surface area contributed by atoms with E-state index in [-0.39, 0.29) is 12.5 Å². The van der Waals surface area contributed by atoms with E-state index in [4.69, 9.17) is 16.3 Å². The van der Waals surface area contributed by atoms with Crippen LogP contribution in [0.25, 0.3) is 11.0 Å². The van der Waals surface area contributed by atoms with Crippen LogP contribution in [0.2, 0.25) is 5.02 Å². The Balaban J connectivity index is 1.77. The number of methoxy groups -OCH3 is 1. The van der Waals surface area contributed by atoms with Gasteiger partial charge in [-0.1, -0.05) is 35.9 Å². The van der Waals surface area contributed by atoms with Crippen molar-refractivity contribution < 1.29 is 9.53 Å². The molecular formula is C19H21ClN4O2. The van der Waals surface area contributed by atoms with Crippen LogP contribution in [0.1, 0.15) is 5.56 Å². The molecule has 0 atom stereocenters. The van der Waals surface area contributed by atoms with Gasteiger partial charge in [0.15, 0.2) is 0 Å². The number of nitrogens with zero attached hydrogens (tertiary/aromatic N) is 2. The Morgan fingerprint density at radius 3 is 2.73 bits per heavy atom. The van der Waals surface area contributed by atoms with Crippen LogP contribution in [0.3, 0.4) is 0 Å². The highest BCUT2D eigenvalue weighted by Crippen LogP contribution is 2.20. The van der Waals surface area contributed by atoms with Crippen LogP contribution in [0.15, 0.2) is 48.5 Å². The normalized spacial score (nSPS) is 10.8. The summed E-state index contributed by atoms with van der Waals surface area (Å²) >= 11 is 5.93. The van der Waals surface area contributed by atoms with Gasteiger partial charge in [-0.3, -0.25) is 4.79 Å². The molecule has 0 aliphatic rings. The minimum absolute atomic E-state index is 0.0836. The van der Waals surface area contributed by atoms with Crippen molar-refractivity contribution in [1.82, 2.24) is 14.9 Å². The molecule has 136 valence electrons. The molecule has 0 aliphatic heterocycles. The average Bonchev–Trinajstić information content (AvgIpc) is 2.99. The third-order valence-corrected chi connectivity index (χ3v) is 4.20. The number of nitrogens with one attached hydrogen (secondary N) is 2. The van der Waals surface area contributed by atoms with E-state index in [1.165, 1.54) is 0 Å². The number of benzene rings is 2. The van der Waals surface area contributed by atoms with Gasteiger partial charge >= 0.3 is 0 Å². The molecule has 2 N–H and O–H groups in total. The predicted molar refractivity (Wildman–Crippen MR) is 103 cm³/mol. The number of carbonyl (C=O) groups is 1. The van der Waals surface area contributed by atoms with Crippen LogP contribution in [-0.2, 0) is 22.6 Å². The van der Waals surface area contributed by atoms with Crippen LogP contribution < -0.4 is 10.6 Å². The van der Waals surface area contributed by atoms with Crippen LogP contribution in [-0.4, -0.2) is 35.7 Å². The number of carbonyl (C=O) groups excluding carboxylic acids is 1. The predicted octanol–water partition coefficient (Wildman–Crippen LogP) is 3.06. The lowest BCUT2D eigenvalue weighted by Gasteiger charge is -2.11. The van der Waals surface area contributed by atoms with Gasteiger partial charge in [0.1, 0.15) is 6.54 Å². The molecule has 1 amide bonds. The number of ether oxygens (including phenoxy) is 1. The molecule has 0 bridgehead atoms. The molecule has 7 heteroatoms. The number of anilines is 1. The van der Waals surface area contributed by atoms with E-state index < -0.39 is 0 Å². The fraction of sp³-hybridized carbons (Fsp3) is 0.263. The summed E-state index contributed by atoms with van der Waals surface area (Å²) in [7, 11) is 1.61. The van der Waals surface area contributed by atoms with Gasteiger partial charge in [-0.05, 0) is 29.8 Å². The maximum atomic E-state index is 12.2. The lowest BCUT2D eigenvalue weighted by Crippen LogP contribution is -2.30. The zero-order valence-electron chi connectivity index (χ0n) is 14.5. The van der Waals surface area contributed by atoms with Crippen molar-refractivity contribution >= 4 is 34.5 Å². The zero-order chi connectivity index (χ0) is 18.4. The summed E-state index contributed by atoms with van der Waals surface area (Å²) in [6, 6.07) is 15.4. The monoisotopic (exact) mass is 372 g/mol. The van der Waals surface area contributed by atoms with Gasteiger partial charge in [0.2, 0.25) is 11.9 Å². The highest BCUT2D eigenvalue weighted by molar-refractivity contribution is 6.30. The number of rotatable bonds is 8. The molecule has 26 heavy (non-hydrogen) atoms. The number of aromatic nitrogens is 2. The molecule has 0 unspecified atom stereocenters. The molecule has 3 aromatic rings. The Morgan fingerprint density at radius 2 is 1.96 bits per heavy atom. The standard InChI is InChI=1S/C19H21ClN4O2/c1-26-11-10-21-18(25)13-24-17-5-3-2-4-16(17)23-19(24)22-12-14-6-8-15(20)9-7-14/h2-9H,10-13H2,1H3,(H,21,25)(H,22,23). The third kappa shape index (κ3) is 4.53. The molecule has 0 spiro atoms. The second-order valence-electron chi connectivity index (χ2n) is 5.83. The summed E-state index contributed by atoms with van der Waals surface area (Å²) in [5.74, 6) is 0.572. The molecule has 0 fully saturated rings. The molecule has 3 rings (SSSR count). The van der Waals surface area contributed by atoms with Crippen molar-refractivity contribution in [2.24, 2.45) is 0 Å². The summed E-state index contributed by atoms with van der Waals surface area (Å²) in [5, 5.41) is 6.86. The van der Waals surface area contributed by atoms with Gasteiger partial charge in [0.05, 0.1) is 17.6 Å². The minimum atomic E-state index is -0.0836. The van der Waals surface area contributed by atoms with Crippen LogP contribution in [0.5, 0.6) is 0 Å². The van der Waals surface area contributed by atoms with E-state index in [0.717, 1.165) is 16.6 Å². The Kier molecular flexibility index (Phi) is 6.09. The Labute approximate surface area is 157 Å². The quantitative estimate of drug-likeness (QED) is 0.596. The first-order chi connectivity index (χ1) is 12.7. The topological polar surface area (TPSA) is 68.2 Å². The van der Waals surface area contributed by atoms with Gasteiger partial charge < -0.3 is 19.9 Å². The molecule has 0 saturated carbocycles. The number of halogens is 1. The van der Waals surface area contributed by atoms with E-state index >= 15 is 0 Å². The second kappa shape index (κ2) is 8.69. The van der Waals surface area contributed by atoms with Crippen LogP contribution in [0, 0.1) is 0 Å². The van der Waals surface area contributed by atoms with Gasteiger partial charge in [0, 0.05) is 25.2 Å². The summed E-state index contributed by atoms with van der Waals surface area (Å²) < 4.78 is 6.84. The fourth-order valence-electron chi connectivity index (χ4n) is 2.65. The number of amides is 1. The van der Waals surface area contributed by atoms with E-state index in [0.29, 0.717) is 30.7 Å². The molecule has 0 aliphatic carbocycles. The smallest absolute Gasteiger partial charge is 0.240 e. The molecular weight excluding hydrogens is 352 g/mol. The lowest BCUT2D eigenvalue weighted by atomic mass is 10.2. The molecule has 0 radical (unpaired) electrons. The van der Waals surface area contributed by atoms with Crippen molar-refractivity contribution in [3.8, 4) is 0 Å². The first-order valence-electron chi connectivity index (χ1n) is 8.36. The van der Waals surface area contributed by atoms with Crippen molar-refractivity contribution in [2.45, 2.75) is 13.1 Å². The molecule has 1 heterocycles. The Bertz CT molecular complexity index is 877. The molecule has 6 nitrogen and oxygen atoms in total. The van der Waals surface area contributed by atoms with Crippen molar-refractivity contribution in [2.75, 3.05) is 25.6 Å². The van der Waals surface area contributed by atoms with E-state index in [9.17, 15) is 4.79 Å². The number of fused-ring (bicyclic) bond motifs is 1. The van der Waals surface area contributed by atoms with Gasteiger partial charge in [-0.2, -0.15) is 0 Å². The Hall–Kier alpha value is -2.57. The van der Waals surface area contributed by atoms with Crippen LogP contribution in [0.4, 0.5) is 5.95 Å². The SMILES string of the molecule is COCCNC(=O)Cn1c(NCc2ccc(Cl)cc2)nc2ccccc21. The Morgan fingerprint density at radius 1 is 1.19 bits per heavy atom. The first-order valence-corrected chi connectivity index (χ1v) is 8.74. The van der Waals surface area contributed by atoms with Gasteiger partial charge in [-0.15, -0.1) is 0 Å². The number of hydrogen-bond donors (Lipinski definition) is 2. The number of hydrogen-bond acceptors (Lipinski definition) is 4. The molecule has 0 saturated heterocycles. The molecule has 2 aromatic carbocycles. The van der Waals surface area contributed by atoms with Crippen molar-refractivity contribution in [3.63, 3.8) is 0 Å². The fourth-order valence-corrected chi connectivity index (χ4v) is 2.77. The van der Waals surface area contributed by atoms with Gasteiger partial charge in [-0.25, -0.2) is 4.98 Å². The van der Waals surface area contributed by atoms with E-state index in [2.05, 4.69) is 15.6 Å². The number of para-hydroxylation sites is 2. The van der Waals surface area contributed by atoms with Crippen molar-refractivity contribution in [3.05, 3.63) is 59.1 Å². The summed E-state index contributed by atoms with van der Waals surface area (Å²) in [4.78, 5) is 16.9. The average molecular weight is 373 g/mol. The maximum absolute atomic E-state index is 12.2. The highest BCUT2D eigenvalue weighted by atomic mass is 35.5. The largest absolute Gasteiger partial charge is 0.383 e. The third-order valence-electron chi connectivity index (χ3n) is 3.95. The highest BCUT2D eigenvalue weighted by Gasteiger charge is 2.13. The van der Waals surface area contributed by atoms with Gasteiger partial charge in [0.25, 0.3) is 0 Å². The van der Waals surface area contributed by atoms with E-state index in [1.54, 1.807) is 7.11 Å². The maximum Gasteiger partial charge on any atom is 0.240 e. The van der Waals surface area contributed by atoms with Crippen LogP contribution >= 0.6 is 11.6 Å². The lowest BCUT2D eigenvalue weighted by molar-refractivity contribution is -0.121. The summed E-state index contributed by atoms with van der Waals surface area (Å²) in [6.07, 6.45) is 0. The summed E-state index contributed by atoms with van der Waals surface area (Å²) in [6.45, 7) is 1.74. The minimum Gasteiger partial charge on any atom is -0.383 e. The van der Waals surface area contributed by atoms with E-state index in [1.807, 2.05) is 53.1 Å². The second-order valence-corrected chi connectivity index (χ2v) is 6.27. The summed E-state index contributed by atoms with van der Waals surface area (Å²) in [5.41, 5.74) is 2.83. The number of imidazole rings is 1. The first kappa shape index (κ1) is 18.2.